The molecule has 0 saturated heterocycles. The fourth-order valence-corrected chi connectivity index (χ4v) is 4.90. The molecule has 208 valence electrons. The van der Waals surface area contributed by atoms with Gasteiger partial charge in [-0.1, -0.05) is 52.2 Å². The summed E-state index contributed by atoms with van der Waals surface area (Å²) in [6.45, 7) is 5.87. The maximum atomic E-state index is 13.3. The molecular formula is C29H27Br2ClN4O4. The lowest BCUT2D eigenvalue weighted by molar-refractivity contribution is -0.118. The monoisotopic (exact) mass is 688 g/mol. The van der Waals surface area contributed by atoms with Gasteiger partial charge in [0.1, 0.15) is 10.8 Å². The van der Waals surface area contributed by atoms with Crippen molar-refractivity contribution in [3.8, 4) is 11.5 Å². The molecule has 0 aliphatic carbocycles. The predicted molar refractivity (Wildman–Crippen MR) is 166 cm³/mol. The standard InChI is InChI=1S/C29H27Br2ClN4O4/c1-4-6-24-35-22-12-9-19(30)14-21(22)29(38)36(24)33-15-18-13-23(39-5-2)28(27(32)26(18)31)40-16-25(37)34-20-10-7-17(3)8-11-20/h7-15H,4-6,16H2,1-3H3,(H,34,37). The number of anilines is 1. The number of amides is 1. The largest absolute Gasteiger partial charge is 0.490 e. The summed E-state index contributed by atoms with van der Waals surface area (Å²) in [5, 5.41) is 7.93. The molecule has 0 atom stereocenters. The van der Waals surface area contributed by atoms with Gasteiger partial charge in [-0.15, -0.1) is 0 Å². The Labute approximate surface area is 253 Å². The summed E-state index contributed by atoms with van der Waals surface area (Å²) in [6, 6.07) is 14.5. The quantitative estimate of drug-likeness (QED) is 0.179. The van der Waals surface area contributed by atoms with Crippen LogP contribution < -0.4 is 20.3 Å². The topological polar surface area (TPSA) is 94.8 Å². The number of carbonyl (C=O) groups excluding carboxylic acids is 1. The molecule has 8 nitrogen and oxygen atoms in total. The van der Waals surface area contributed by atoms with E-state index < -0.39 is 0 Å². The molecule has 11 heteroatoms. The highest BCUT2D eigenvalue weighted by Gasteiger charge is 2.19. The molecule has 0 fully saturated rings. The minimum atomic E-state index is -0.345. The molecule has 3 aromatic carbocycles. The smallest absolute Gasteiger partial charge is 0.282 e. The first kappa shape index (κ1) is 29.8. The van der Waals surface area contributed by atoms with E-state index >= 15 is 0 Å². The van der Waals surface area contributed by atoms with E-state index in [4.69, 9.17) is 21.1 Å². The van der Waals surface area contributed by atoms with Gasteiger partial charge >= 0.3 is 0 Å². The third-order valence-corrected chi connectivity index (χ3v) is 7.74. The fraction of sp³-hybridized carbons (Fsp3) is 0.241. The third-order valence-electron chi connectivity index (χ3n) is 5.80. The number of nitrogens with zero attached hydrogens (tertiary/aromatic N) is 3. The molecule has 4 rings (SSSR count). The summed E-state index contributed by atoms with van der Waals surface area (Å²) < 4.78 is 14.1. The zero-order valence-electron chi connectivity index (χ0n) is 22.1. The molecule has 0 unspecified atom stereocenters. The lowest BCUT2D eigenvalue weighted by Crippen LogP contribution is -2.22. The number of hydrogen-bond donors (Lipinski definition) is 1. The number of nitrogens with one attached hydrogen (secondary N) is 1. The van der Waals surface area contributed by atoms with Gasteiger partial charge in [-0.3, -0.25) is 9.59 Å². The zero-order valence-corrected chi connectivity index (χ0v) is 26.1. The summed E-state index contributed by atoms with van der Waals surface area (Å²) in [7, 11) is 0. The number of fused-ring (bicyclic) bond motifs is 1. The summed E-state index contributed by atoms with van der Waals surface area (Å²) in [6.07, 6.45) is 2.87. The van der Waals surface area contributed by atoms with Crippen LogP contribution in [0.3, 0.4) is 0 Å². The van der Waals surface area contributed by atoms with Gasteiger partial charge in [0, 0.05) is 26.6 Å². The predicted octanol–water partition coefficient (Wildman–Crippen LogP) is 7.13. The van der Waals surface area contributed by atoms with Gasteiger partial charge in [-0.2, -0.15) is 9.78 Å². The summed E-state index contributed by atoms with van der Waals surface area (Å²) >= 11 is 13.6. The molecular weight excluding hydrogens is 664 g/mol. The third kappa shape index (κ3) is 6.92. The molecule has 1 amide bonds. The van der Waals surface area contributed by atoms with Gasteiger partial charge in [0.05, 0.1) is 23.7 Å². The lowest BCUT2D eigenvalue weighted by atomic mass is 10.2. The number of hydrogen-bond acceptors (Lipinski definition) is 6. The molecule has 0 aliphatic heterocycles. The van der Waals surface area contributed by atoms with Gasteiger partial charge in [-0.05, 0) is 72.6 Å². The molecule has 1 heterocycles. The summed E-state index contributed by atoms with van der Waals surface area (Å²) in [5.41, 5.74) is 2.63. The number of ether oxygens (including phenoxy) is 2. The van der Waals surface area contributed by atoms with Crippen molar-refractivity contribution in [3.63, 3.8) is 0 Å². The van der Waals surface area contributed by atoms with Crippen molar-refractivity contribution in [2.45, 2.75) is 33.6 Å². The molecule has 4 aromatic rings. The van der Waals surface area contributed by atoms with E-state index in [0.29, 0.717) is 51.2 Å². The average Bonchev–Trinajstić information content (AvgIpc) is 2.93. The maximum Gasteiger partial charge on any atom is 0.282 e. The Morgan fingerprint density at radius 1 is 1.12 bits per heavy atom. The highest BCUT2D eigenvalue weighted by atomic mass is 79.9. The SMILES string of the molecule is CCCc1nc2ccc(Br)cc2c(=O)n1N=Cc1cc(OCC)c(OCC(=O)Nc2ccc(C)cc2)c(Cl)c1Br. The maximum absolute atomic E-state index is 13.3. The number of benzene rings is 3. The van der Waals surface area contributed by atoms with Crippen LogP contribution in [0.5, 0.6) is 11.5 Å². The minimum absolute atomic E-state index is 0.206. The highest BCUT2D eigenvalue weighted by molar-refractivity contribution is 9.10. The van der Waals surface area contributed by atoms with Gasteiger partial charge in [0.2, 0.25) is 0 Å². The first-order chi connectivity index (χ1) is 19.2. The normalized spacial score (nSPS) is 11.2. The average molecular weight is 691 g/mol. The van der Waals surface area contributed by atoms with Crippen LogP contribution >= 0.6 is 43.5 Å². The second-order valence-corrected chi connectivity index (χ2v) is 10.9. The van der Waals surface area contributed by atoms with E-state index in [1.54, 1.807) is 18.2 Å². The van der Waals surface area contributed by atoms with Crippen LogP contribution in [0.1, 0.15) is 37.2 Å². The molecule has 0 spiro atoms. The second kappa shape index (κ2) is 13.4. The van der Waals surface area contributed by atoms with Crippen molar-refractivity contribution in [3.05, 3.63) is 89.8 Å². The van der Waals surface area contributed by atoms with E-state index in [1.165, 1.54) is 10.9 Å². The van der Waals surface area contributed by atoms with Crippen LogP contribution in [0.4, 0.5) is 5.69 Å². The van der Waals surface area contributed by atoms with Gasteiger partial charge in [-0.25, -0.2) is 4.98 Å². The first-order valence-electron chi connectivity index (χ1n) is 12.6. The zero-order chi connectivity index (χ0) is 28.8. The van der Waals surface area contributed by atoms with E-state index in [0.717, 1.165) is 16.5 Å². The van der Waals surface area contributed by atoms with E-state index in [-0.39, 0.29) is 28.8 Å². The fourth-order valence-electron chi connectivity index (χ4n) is 3.89. The lowest BCUT2D eigenvalue weighted by Gasteiger charge is -2.16. The number of rotatable bonds is 10. The second-order valence-electron chi connectivity index (χ2n) is 8.86. The minimum Gasteiger partial charge on any atom is -0.490 e. The van der Waals surface area contributed by atoms with E-state index in [9.17, 15) is 9.59 Å². The van der Waals surface area contributed by atoms with Crippen LogP contribution in [0.25, 0.3) is 10.9 Å². The van der Waals surface area contributed by atoms with Crippen molar-refractivity contribution >= 4 is 72.2 Å². The van der Waals surface area contributed by atoms with Crippen molar-refractivity contribution in [2.24, 2.45) is 5.10 Å². The Balaban J connectivity index is 1.64. The summed E-state index contributed by atoms with van der Waals surface area (Å²) in [5.74, 6) is 0.752. The van der Waals surface area contributed by atoms with E-state index in [2.05, 4.69) is 47.3 Å². The molecule has 0 aliphatic rings. The number of aryl methyl sites for hydroxylation is 2. The number of halogens is 3. The van der Waals surface area contributed by atoms with Crippen LogP contribution in [0.15, 0.2) is 67.4 Å². The van der Waals surface area contributed by atoms with Crippen molar-refractivity contribution in [1.82, 2.24) is 9.66 Å². The Hall–Kier alpha value is -3.21. The van der Waals surface area contributed by atoms with Gasteiger partial charge < -0.3 is 14.8 Å². The van der Waals surface area contributed by atoms with E-state index in [1.807, 2.05) is 51.1 Å². The van der Waals surface area contributed by atoms with Crippen molar-refractivity contribution in [1.29, 1.82) is 0 Å². The van der Waals surface area contributed by atoms with Crippen LogP contribution in [-0.4, -0.2) is 35.0 Å². The summed E-state index contributed by atoms with van der Waals surface area (Å²) in [4.78, 5) is 30.5. The molecule has 0 radical (unpaired) electrons. The number of carbonyl (C=O) groups is 1. The molecule has 0 bridgehead atoms. The first-order valence-corrected chi connectivity index (χ1v) is 14.6. The molecule has 0 saturated carbocycles. The van der Waals surface area contributed by atoms with Crippen LogP contribution in [-0.2, 0) is 11.2 Å². The Morgan fingerprint density at radius 2 is 1.88 bits per heavy atom. The van der Waals surface area contributed by atoms with Crippen molar-refractivity contribution in [2.75, 3.05) is 18.5 Å². The van der Waals surface area contributed by atoms with Crippen molar-refractivity contribution < 1.29 is 14.3 Å². The Kier molecular flexibility index (Phi) is 9.99. The Morgan fingerprint density at radius 3 is 2.58 bits per heavy atom. The molecule has 1 aromatic heterocycles. The molecule has 40 heavy (non-hydrogen) atoms. The van der Waals surface area contributed by atoms with Gasteiger partial charge in [0.15, 0.2) is 18.1 Å². The Bertz CT molecular complexity index is 1640. The highest BCUT2D eigenvalue weighted by Crippen LogP contribution is 2.42. The van der Waals surface area contributed by atoms with Crippen LogP contribution in [0.2, 0.25) is 5.02 Å². The van der Waals surface area contributed by atoms with Crippen LogP contribution in [0, 0.1) is 6.92 Å². The van der Waals surface area contributed by atoms with Gasteiger partial charge in [0.25, 0.3) is 11.5 Å². The number of aromatic nitrogens is 2. The molecule has 1 N–H and O–H groups in total.